The lowest BCUT2D eigenvalue weighted by Gasteiger charge is -2.49. The van der Waals surface area contributed by atoms with Gasteiger partial charge in [-0.1, -0.05) is 42.0 Å². The summed E-state index contributed by atoms with van der Waals surface area (Å²) in [6.45, 7) is 5.10. The van der Waals surface area contributed by atoms with E-state index >= 15 is 0 Å². The van der Waals surface area contributed by atoms with Crippen LogP contribution >= 0.6 is 0 Å². The van der Waals surface area contributed by atoms with Crippen LogP contribution in [0.4, 0.5) is 5.69 Å². The highest BCUT2D eigenvalue weighted by molar-refractivity contribution is 7.89. The smallest absolute Gasteiger partial charge is 0.273 e. The van der Waals surface area contributed by atoms with E-state index in [1.54, 1.807) is 56.3 Å². The molecule has 8 nitrogen and oxygen atoms in total. The van der Waals surface area contributed by atoms with Crippen molar-refractivity contribution in [1.29, 1.82) is 0 Å². The molecule has 33 heavy (non-hydrogen) atoms. The maximum absolute atomic E-state index is 13.8. The molecule has 2 bridgehead atoms. The van der Waals surface area contributed by atoms with Crippen LogP contribution in [0, 0.1) is 32.6 Å². The topological polar surface area (TPSA) is 112 Å². The number of fused-ring (bicyclic) bond motifs is 1. The Morgan fingerprint density at radius 2 is 1.55 bits per heavy atom. The van der Waals surface area contributed by atoms with Crippen LogP contribution in [0.1, 0.15) is 16.7 Å². The van der Waals surface area contributed by atoms with E-state index in [0.29, 0.717) is 21.1 Å². The fourth-order valence-corrected chi connectivity index (χ4v) is 7.49. The molecule has 170 valence electrons. The molecule has 1 aliphatic carbocycles. The van der Waals surface area contributed by atoms with Crippen molar-refractivity contribution in [3.8, 4) is 0 Å². The van der Waals surface area contributed by atoms with Gasteiger partial charge in [-0.15, -0.1) is 0 Å². The second kappa shape index (κ2) is 6.85. The molecule has 0 unspecified atom stereocenters. The molecular weight excluding hydrogens is 444 g/mol. The molecule has 4 aliphatic rings. The molecule has 3 heterocycles. The first-order valence-electron chi connectivity index (χ1n) is 10.5. The third-order valence-electron chi connectivity index (χ3n) is 6.69. The molecule has 3 amide bonds. The minimum absolute atomic E-state index is 0.0424. The Hall–Kier alpha value is -3.30. The number of rotatable bonds is 3. The van der Waals surface area contributed by atoms with Gasteiger partial charge in [-0.2, -0.15) is 0 Å². The number of imide groups is 1. The van der Waals surface area contributed by atoms with Gasteiger partial charge in [-0.25, -0.2) is 17.6 Å². The first-order valence-corrected chi connectivity index (χ1v) is 12.0. The van der Waals surface area contributed by atoms with E-state index in [4.69, 9.17) is 0 Å². The number of piperidine rings is 1. The summed E-state index contributed by atoms with van der Waals surface area (Å²) in [6.07, 6.45) is 2.50. The van der Waals surface area contributed by atoms with Gasteiger partial charge in [0, 0.05) is 0 Å². The Bertz CT molecular complexity index is 1340. The predicted molar refractivity (Wildman–Crippen MR) is 118 cm³/mol. The van der Waals surface area contributed by atoms with Gasteiger partial charge in [0.05, 0.1) is 28.5 Å². The highest BCUT2D eigenvalue weighted by atomic mass is 32.2. The fraction of sp³-hybridized carbons (Fsp3) is 0.292. The number of sulfonamides is 1. The van der Waals surface area contributed by atoms with Crippen molar-refractivity contribution in [3.05, 3.63) is 71.3 Å². The van der Waals surface area contributed by atoms with Gasteiger partial charge in [0.1, 0.15) is 0 Å². The first kappa shape index (κ1) is 21.5. The van der Waals surface area contributed by atoms with E-state index < -0.39 is 51.2 Å². The Kier molecular flexibility index (Phi) is 4.47. The highest BCUT2D eigenvalue weighted by Crippen LogP contribution is 2.50. The van der Waals surface area contributed by atoms with Gasteiger partial charge in [0.2, 0.25) is 11.8 Å². The zero-order chi connectivity index (χ0) is 23.9. The van der Waals surface area contributed by atoms with E-state index in [9.17, 15) is 27.9 Å². The van der Waals surface area contributed by atoms with E-state index in [1.165, 1.54) is 6.08 Å². The van der Waals surface area contributed by atoms with Crippen molar-refractivity contribution in [2.45, 2.75) is 37.3 Å². The molecule has 9 heteroatoms. The third kappa shape index (κ3) is 2.72. The number of anilines is 1. The number of carbonyl (C=O) groups excluding carboxylic acids is 3. The van der Waals surface area contributed by atoms with Gasteiger partial charge >= 0.3 is 0 Å². The lowest BCUT2D eigenvalue weighted by Crippen LogP contribution is -2.69. The van der Waals surface area contributed by atoms with Gasteiger partial charge < -0.3 is 5.11 Å². The monoisotopic (exact) mass is 466 g/mol. The Morgan fingerprint density at radius 1 is 0.939 bits per heavy atom. The molecule has 2 aromatic carbocycles. The van der Waals surface area contributed by atoms with E-state index in [1.807, 2.05) is 6.92 Å². The summed E-state index contributed by atoms with van der Waals surface area (Å²) >= 11 is 0. The van der Waals surface area contributed by atoms with Crippen LogP contribution in [-0.2, 0) is 24.4 Å². The first-order chi connectivity index (χ1) is 15.5. The number of carbonyl (C=O) groups is 3. The average Bonchev–Trinajstić information content (AvgIpc) is 3.01. The van der Waals surface area contributed by atoms with Crippen LogP contribution in [0.15, 0.2) is 59.5 Å². The maximum atomic E-state index is 13.8. The number of nitrogens with zero attached hydrogens (tertiary/aromatic N) is 2. The SMILES string of the molecule is Cc1cc(C)c(S(=O)(=O)N2C(=O)[C@@]3(O)C=C[C@@H]2[C@@H]2C(=O)N(c4ccccc4)C(=O)[C@@H]23)c(C)c1. The minimum Gasteiger partial charge on any atom is -0.375 e. The Labute approximate surface area is 191 Å². The normalized spacial score (nSPS) is 28.6. The zero-order valence-electron chi connectivity index (χ0n) is 18.2. The zero-order valence-corrected chi connectivity index (χ0v) is 19.0. The number of amides is 3. The summed E-state index contributed by atoms with van der Waals surface area (Å²) in [5.41, 5.74) is -0.362. The number of aryl methyl sites for hydroxylation is 3. The van der Waals surface area contributed by atoms with Crippen molar-refractivity contribution in [3.63, 3.8) is 0 Å². The standard InChI is InChI=1S/C24H22N2O6S/c1-13-11-14(2)20(15(3)12-13)33(31,32)26-17-9-10-24(30,23(26)29)19-18(17)21(27)25(22(19)28)16-7-5-4-6-8-16/h4-12,17-19,30H,1-3H3/t17-,18+,19-,24-/m1/s1. The summed E-state index contributed by atoms with van der Waals surface area (Å²) in [7, 11) is -4.43. The fourth-order valence-electron chi connectivity index (χ4n) is 5.48. The Balaban J connectivity index is 1.66. The van der Waals surface area contributed by atoms with Crippen molar-refractivity contribution in [2.24, 2.45) is 11.8 Å². The van der Waals surface area contributed by atoms with E-state index in [0.717, 1.165) is 16.5 Å². The van der Waals surface area contributed by atoms with Crippen molar-refractivity contribution < 1.29 is 27.9 Å². The van der Waals surface area contributed by atoms with Crippen LogP contribution in [0.5, 0.6) is 0 Å². The van der Waals surface area contributed by atoms with Crippen LogP contribution < -0.4 is 4.90 Å². The summed E-state index contributed by atoms with van der Waals surface area (Å²) in [5.74, 6) is -5.09. The van der Waals surface area contributed by atoms with Crippen LogP contribution in [-0.4, -0.2) is 47.2 Å². The highest BCUT2D eigenvalue weighted by Gasteiger charge is 2.70. The molecule has 0 aromatic heterocycles. The van der Waals surface area contributed by atoms with Gasteiger partial charge in [0.15, 0.2) is 5.60 Å². The minimum atomic E-state index is -4.43. The second-order valence-corrected chi connectivity index (χ2v) is 10.6. The molecule has 4 atom stereocenters. The molecule has 3 aliphatic heterocycles. The summed E-state index contributed by atoms with van der Waals surface area (Å²) in [5, 5.41) is 11.3. The van der Waals surface area contributed by atoms with Gasteiger partial charge in [-0.05, 0) is 50.1 Å². The molecule has 0 radical (unpaired) electrons. The molecule has 6 rings (SSSR count). The third-order valence-corrected chi connectivity index (χ3v) is 8.78. The summed E-state index contributed by atoms with van der Waals surface area (Å²) in [4.78, 5) is 41.0. The second-order valence-electron chi connectivity index (χ2n) is 8.86. The van der Waals surface area contributed by atoms with Gasteiger partial charge in [0.25, 0.3) is 15.9 Å². The summed E-state index contributed by atoms with van der Waals surface area (Å²) < 4.78 is 28.1. The van der Waals surface area contributed by atoms with Crippen molar-refractivity contribution in [1.82, 2.24) is 4.31 Å². The van der Waals surface area contributed by atoms with E-state index in [2.05, 4.69) is 0 Å². The maximum Gasteiger partial charge on any atom is 0.273 e. The number of para-hydroxylation sites is 1. The molecule has 0 saturated carbocycles. The molecular formula is C24H22N2O6S. The lowest BCUT2D eigenvalue weighted by atomic mass is 9.68. The summed E-state index contributed by atoms with van der Waals surface area (Å²) in [6, 6.07) is 10.4. The number of hydrogen-bond acceptors (Lipinski definition) is 6. The molecule has 2 aromatic rings. The van der Waals surface area contributed by atoms with Gasteiger partial charge in [-0.3, -0.25) is 14.4 Å². The number of benzene rings is 2. The molecule has 2 saturated heterocycles. The van der Waals surface area contributed by atoms with Crippen molar-refractivity contribution >= 4 is 33.4 Å². The lowest BCUT2D eigenvalue weighted by molar-refractivity contribution is -0.164. The molecule has 2 fully saturated rings. The largest absolute Gasteiger partial charge is 0.375 e. The number of hydrogen-bond donors (Lipinski definition) is 1. The van der Waals surface area contributed by atoms with Crippen molar-refractivity contribution in [2.75, 3.05) is 4.90 Å². The number of aliphatic hydroxyl groups is 1. The van der Waals surface area contributed by atoms with Crippen LogP contribution in [0.25, 0.3) is 0 Å². The Morgan fingerprint density at radius 3 is 2.15 bits per heavy atom. The average molecular weight is 467 g/mol. The van der Waals surface area contributed by atoms with E-state index in [-0.39, 0.29) is 4.90 Å². The van der Waals surface area contributed by atoms with Crippen LogP contribution in [0.3, 0.4) is 0 Å². The van der Waals surface area contributed by atoms with Crippen LogP contribution in [0.2, 0.25) is 0 Å². The predicted octanol–water partition coefficient (Wildman–Crippen LogP) is 1.62. The molecule has 1 N–H and O–H groups in total. The quantitative estimate of drug-likeness (QED) is 0.544. The molecule has 0 spiro atoms.